The number of hydrogen-bond acceptors (Lipinski definition) is 16. The summed E-state index contributed by atoms with van der Waals surface area (Å²) in [6, 6.07) is 0.973. The number of phosphoric acid groups is 1. The molecule has 43 heavy (non-hydrogen) atoms. The second-order valence-electron chi connectivity index (χ2n) is 9.40. The Morgan fingerprint density at radius 2 is 1.63 bits per heavy atom. The number of nitrogens with two attached hydrogens (primary N) is 2. The summed E-state index contributed by atoms with van der Waals surface area (Å²) in [4.78, 5) is 57.0. The standard InChI is InChI=1S/C19H26N8O14P2/c20-15-10-16(23-5-22-15)27(6-24-10)18-13(31)14(8(40-18)4-37-42(21,33)34)41-43(35,36)38-3-7-11(29)12(30)17(39-7)26-2-1-9(28)25-19(26)32/h1-2,5-8,11-14,17-18,29-31H,3-4H2,(H,35,36)(H2,20,22,23)(H3,21,33,34)(H,25,28,32)/t7-,8-,11-,12-,13-,14-,17-,18-/m1/s1. The largest absolute Gasteiger partial charge is 0.472 e. The van der Waals surface area contributed by atoms with E-state index in [-0.39, 0.29) is 17.0 Å². The van der Waals surface area contributed by atoms with Crippen molar-refractivity contribution >= 4 is 32.6 Å². The van der Waals surface area contributed by atoms with Crippen molar-refractivity contribution in [2.24, 2.45) is 5.50 Å². The number of nitrogen functional groups attached to an aromatic ring is 1. The van der Waals surface area contributed by atoms with Crippen LogP contribution in [0.1, 0.15) is 12.5 Å². The number of hydrogen-bond donors (Lipinski definition) is 8. The highest BCUT2D eigenvalue weighted by Crippen LogP contribution is 2.50. The van der Waals surface area contributed by atoms with E-state index < -0.39 is 89.1 Å². The molecule has 24 heteroatoms. The van der Waals surface area contributed by atoms with Crippen molar-refractivity contribution in [3.8, 4) is 0 Å². The number of nitrogens with one attached hydrogen (secondary N) is 1. The summed E-state index contributed by atoms with van der Waals surface area (Å²) >= 11 is 0. The Kier molecular flexibility index (Phi) is 8.68. The summed E-state index contributed by atoms with van der Waals surface area (Å²) in [5, 5.41) is 31.8. The van der Waals surface area contributed by atoms with Crippen LogP contribution in [0, 0.1) is 0 Å². The number of rotatable bonds is 10. The number of aliphatic hydroxyl groups is 3. The summed E-state index contributed by atoms with van der Waals surface area (Å²) in [5.74, 6) is 0.00985. The molecule has 22 nitrogen and oxygen atoms in total. The molecule has 2 fully saturated rings. The van der Waals surface area contributed by atoms with Gasteiger partial charge in [-0.2, -0.15) is 0 Å². The number of nitrogens with zero attached hydrogens (tertiary/aromatic N) is 5. The lowest BCUT2D eigenvalue weighted by molar-refractivity contribution is -0.0603. The SMILES string of the molecule is Nc1ncnc2c1ncn2[C@@H]1O[C@H](COP(N)(=O)O)[C@@H](OP(=O)(O)OC[C@H]2O[C@@H](n3ccc(=O)[nH]c3=O)[C@H](O)[C@@H]2O)[C@H]1O. The minimum atomic E-state index is -5.16. The zero-order valence-corrected chi connectivity index (χ0v) is 23.3. The average Bonchev–Trinajstić information content (AvgIpc) is 3.57. The van der Waals surface area contributed by atoms with Gasteiger partial charge in [0, 0.05) is 12.3 Å². The van der Waals surface area contributed by atoms with E-state index in [0.717, 1.165) is 23.2 Å². The second-order valence-corrected chi connectivity index (χ2v) is 12.2. The zero-order valence-electron chi connectivity index (χ0n) is 21.5. The molecule has 2 aliphatic heterocycles. The third-order valence-corrected chi connectivity index (χ3v) is 8.02. The molecular formula is C19H26N8O14P2. The van der Waals surface area contributed by atoms with E-state index in [1.807, 2.05) is 4.98 Å². The van der Waals surface area contributed by atoms with Gasteiger partial charge in [0.2, 0.25) is 0 Å². The maximum Gasteiger partial charge on any atom is 0.472 e. The highest BCUT2D eigenvalue weighted by atomic mass is 31.2. The second kappa shape index (κ2) is 11.9. The van der Waals surface area contributed by atoms with E-state index in [1.165, 1.54) is 10.9 Å². The minimum Gasteiger partial charge on any atom is -0.387 e. The Bertz CT molecular complexity index is 1690. The molecule has 2 unspecified atom stereocenters. The van der Waals surface area contributed by atoms with Gasteiger partial charge in [0.25, 0.3) is 5.56 Å². The molecule has 3 aromatic rings. The van der Waals surface area contributed by atoms with Gasteiger partial charge in [0.1, 0.15) is 48.5 Å². The summed E-state index contributed by atoms with van der Waals surface area (Å²) in [5.41, 5.74) is 9.38. The van der Waals surface area contributed by atoms with Gasteiger partial charge in [-0.25, -0.2) is 34.4 Å². The topological polar surface area (TPSA) is 332 Å². The molecule has 3 aromatic heterocycles. The third kappa shape index (κ3) is 6.61. The van der Waals surface area contributed by atoms with Crippen molar-refractivity contribution in [2.75, 3.05) is 18.9 Å². The van der Waals surface area contributed by atoms with E-state index in [0.29, 0.717) is 0 Å². The Morgan fingerprint density at radius 1 is 0.953 bits per heavy atom. The maximum absolute atomic E-state index is 12.9. The van der Waals surface area contributed by atoms with Crippen LogP contribution in [0.25, 0.3) is 11.2 Å². The van der Waals surface area contributed by atoms with Crippen molar-refractivity contribution in [3.63, 3.8) is 0 Å². The van der Waals surface area contributed by atoms with Gasteiger partial charge in [-0.05, 0) is 0 Å². The number of aromatic nitrogens is 6. The molecule has 10 N–H and O–H groups in total. The van der Waals surface area contributed by atoms with Crippen LogP contribution in [0.4, 0.5) is 5.82 Å². The number of imidazole rings is 1. The van der Waals surface area contributed by atoms with Crippen LogP contribution < -0.4 is 22.5 Å². The minimum absolute atomic E-state index is 0.00985. The number of ether oxygens (including phenoxy) is 2. The van der Waals surface area contributed by atoms with E-state index in [2.05, 4.69) is 19.5 Å². The number of anilines is 1. The quantitative estimate of drug-likeness (QED) is 0.0981. The fourth-order valence-corrected chi connectivity index (χ4v) is 5.85. The Morgan fingerprint density at radius 3 is 2.33 bits per heavy atom. The number of aromatic amines is 1. The van der Waals surface area contributed by atoms with E-state index in [9.17, 15) is 43.8 Å². The molecule has 0 radical (unpaired) electrons. The van der Waals surface area contributed by atoms with Crippen molar-refractivity contribution in [1.29, 1.82) is 0 Å². The predicted molar refractivity (Wildman–Crippen MR) is 138 cm³/mol. The lowest BCUT2D eigenvalue weighted by Gasteiger charge is -2.24. The van der Waals surface area contributed by atoms with Crippen LogP contribution in [0.2, 0.25) is 0 Å². The lowest BCUT2D eigenvalue weighted by atomic mass is 10.1. The average molecular weight is 652 g/mol. The van der Waals surface area contributed by atoms with E-state index >= 15 is 0 Å². The Hall–Kier alpha value is -2.95. The molecular weight excluding hydrogens is 626 g/mol. The van der Waals surface area contributed by atoms with Crippen molar-refractivity contribution in [1.82, 2.24) is 29.1 Å². The molecule has 2 saturated heterocycles. The van der Waals surface area contributed by atoms with Crippen LogP contribution in [0.15, 0.2) is 34.5 Å². The number of aliphatic hydroxyl groups excluding tert-OH is 3. The highest BCUT2D eigenvalue weighted by molar-refractivity contribution is 7.50. The van der Waals surface area contributed by atoms with Gasteiger partial charge < -0.3 is 40.3 Å². The van der Waals surface area contributed by atoms with Gasteiger partial charge in [0.05, 0.1) is 19.5 Å². The number of H-pyrrole nitrogens is 1. The van der Waals surface area contributed by atoms with Crippen LogP contribution in [-0.4, -0.2) is 104 Å². The summed E-state index contributed by atoms with van der Waals surface area (Å²) in [6.45, 7) is -1.66. The summed E-state index contributed by atoms with van der Waals surface area (Å²) < 4.78 is 52.3. The number of phosphoric ester groups is 1. The zero-order chi connectivity index (χ0) is 31.3. The molecule has 0 bridgehead atoms. The van der Waals surface area contributed by atoms with Crippen LogP contribution in [-0.2, 0) is 32.2 Å². The fourth-order valence-electron chi connectivity index (χ4n) is 4.53. The van der Waals surface area contributed by atoms with Gasteiger partial charge in [0.15, 0.2) is 23.9 Å². The maximum atomic E-state index is 12.9. The lowest BCUT2D eigenvalue weighted by Crippen LogP contribution is -2.38. The predicted octanol–water partition coefficient (Wildman–Crippen LogP) is -3.59. The number of fused-ring (bicyclic) bond motifs is 1. The molecule has 0 amide bonds. The smallest absolute Gasteiger partial charge is 0.387 e. The molecule has 2 aliphatic rings. The van der Waals surface area contributed by atoms with Crippen LogP contribution in [0.3, 0.4) is 0 Å². The first-order chi connectivity index (χ1) is 20.1. The fraction of sp³-hybridized carbons (Fsp3) is 0.526. The van der Waals surface area contributed by atoms with Gasteiger partial charge >= 0.3 is 21.3 Å². The van der Waals surface area contributed by atoms with Crippen LogP contribution >= 0.6 is 15.6 Å². The molecule has 236 valence electrons. The monoisotopic (exact) mass is 652 g/mol. The molecule has 0 aromatic carbocycles. The van der Waals surface area contributed by atoms with Gasteiger partial charge in [-0.3, -0.25) is 32.5 Å². The Balaban J connectivity index is 1.31. The van der Waals surface area contributed by atoms with Gasteiger partial charge in [-0.15, -0.1) is 0 Å². The molecule has 5 heterocycles. The van der Waals surface area contributed by atoms with Gasteiger partial charge in [-0.1, -0.05) is 0 Å². The van der Waals surface area contributed by atoms with E-state index in [1.54, 1.807) is 0 Å². The van der Waals surface area contributed by atoms with Crippen LogP contribution in [0.5, 0.6) is 0 Å². The molecule has 0 aliphatic carbocycles. The summed E-state index contributed by atoms with van der Waals surface area (Å²) in [6.07, 6.45) is -9.49. The normalized spacial score (nSPS) is 32.1. The van der Waals surface area contributed by atoms with Crippen molar-refractivity contribution < 1.29 is 57.3 Å². The van der Waals surface area contributed by atoms with Crippen molar-refractivity contribution in [3.05, 3.63) is 45.8 Å². The Labute approximate surface area is 238 Å². The molecule has 10 atom stereocenters. The van der Waals surface area contributed by atoms with E-state index in [4.69, 9.17) is 29.8 Å². The molecule has 0 spiro atoms. The molecule has 5 rings (SSSR count). The first kappa shape index (κ1) is 31.5. The van der Waals surface area contributed by atoms with Crippen molar-refractivity contribution in [2.45, 2.75) is 49.1 Å². The first-order valence-corrected chi connectivity index (χ1v) is 15.3. The molecule has 0 saturated carbocycles. The highest BCUT2D eigenvalue weighted by Gasteiger charge is 2.51. The summed E-state index contributed by atoms with van der Waals surface area (Å²) in [7, 11) is -9.73. The first-order valence-electron chi connectivity index (χ1n) is 12.2. The third-order valence-electron chi connectivity index (χ3n) is 6.51.